The molecule has 0 bridgehead atoms. The number of rotatable bonds is 5. The predicted octanol–water partition coefficient (Wildman–Crippen LogP) is 1.39. The first-order chi connectivity index (χ1) is 11.6. The Morgan fingerprint density at radius 2 is 1.46 bits per heavy atom. The number of nitrogens with one attached hydrogen (secondary N) is 3. The smallest absolute Gasteiger partial charge is 0.313 e. The van der Waals surface area contributed by atoms with E-state index in [0.717, 1.165) is 0 Å². The van der Waals surface area contributed by atoms with E-state index < -0.39 is 17.7 Å². The number of carbonyl (C=O) groups excluding carboxylic acids is 3. The van der Waals surface area contributed by atoms with Gasteiger partial charge in [0.1, 0.15) is 5.75 Å². The highest BCUT2D eigenvalue weighted by Crippen LogP contribution is 2.14. The lowest BCUT2D eigenvalue weighted by Gasteiger charge is -2.08. The van der Waals surface area contributed by atoms with Gasteiger partial charge in [-0.3, -0.25) is 14.4 Å². The number of amides is 3. The molecule has 0 saturated carbocycles. The second-order valence-corrected chi connectivity index (χ2v) is 4.78. The first kappa shape index (κ1) is 17.0. The summed E-state index contributed by atoms with van der Waals surface area (Å²) in [7, 11) is 1.53. The molecule has 0 atom stereocenters. The van der Waals surface area contributed by atoms with E-state index in [1.54, 1.807) is 48.5 Å². The van der Waals surface area contributed by atoms with Crippen LogP contribution in [0, 0.1) is 0 Å². The summed E-state index contributed by atoms with van der Waals surface area (Å²) in [6, 6.07) is 15.3. The number of benzene rings is 2. The second kappa shape index (κ2) is 8.33. The van der Waals surface area contributed by atoms with Crippen molar-refractivity contribution in [2.24, 2.45) is 0 Å². The zero-order valence-electron chi connectivity index (χ0n) is 13.0. The van der Waals surface area contributed by atoms with Crippen LogP contribution in [0.1, 0.15) is 0 Å². The van der Waals surface area contributed by atoms with Gasteiger partial charge < -0.3 is 20.7 Å². The topological polar surface area (TPSA) is 96.5 Å². The van der Waals surface area contributed by atoms with Gasteiger partial charge in [0.2, 0.25) is 5.91 Å². The average Bonchev–Trinajstić information content (AvgIpc) is 2.61. The minimum Gasteiger partial charge on any atom is -0.497 e. The van der Waals surface area contributed by atoms with Crippen LogP contribution in [0.15, 0.2) is 54.6 Å². The molecule has 0 unspecified atom stereocenters. The Morgan fingerprint density at radius 3 is 2.08 bits per heavy atom. The van der Waals surface area contributed by atoms with Crippen LogP contribution in [0.3, 0.4) is 0 Å². The molecular formula is C17H17N3O4. The fourth-order valence-corrected chi connectivity index (χ4v) is 1.83. The number of para-hydroxylation sites is 1. The molecule has 7 nitrogen and oxygen atoms in total. The molecule has 0 spiro atoms. The minimum absolute atomic E-state index is 0.302. The monoisotopic (exact) mass is 327 g/mol. The van der Waals surface area contributed by atoms with E-state index >= 15 is 0 Å². The van der Waals surface area contributed by atoms with Crippen molar-refractivity contribution in [3.63, 3.8) is 0 Å². The molecule has 0 aliphatic carbocycles. The summed E-state index contributed by atoms with van der Waals surface area (Å²) in [5.41, 5.74) is 1.06. The average molecular weight is 327 g/mol. The van der Waals surface area contributed by atoms with Gasteiger partial charge in [-0.15, -0.1) is 0 Å². The maximum Gasteiger partial charge on any atom is 0.313 e. The molecule has 7 heteroatoms. The fourth-order valence-electron chi connectivity index (χ4n) is 1.83. The SMILES string of the molecule is COc1ccc(NC(=O)C(=O)NCC(=O)Nc2ccccc2)cc1. The number of ether oxygens (including phenoxy) is 1. The van der Waals surface area contributed by atoms with E-state index in [9.17, 15) is 14.4 Å². The number of methoxy groups -OCH3 is 1. The normalized spacial score (nSPS) is 9.71. The van der Waals surface area contributed by atoms with Gasteiger partial charge in [0.05, 0.1) is 13.7 Å². The van der Waals surface area contributed by atoms with Crippen molar-refractivity contribution < 1.29 is 19.1 Å². The Kier molecular flexibility index (Phi) is 5.90. The predicted molar refractivity (Wildman–Crippen MR) is 89.7 cm³/mol. The van der Waals surface area contributed by atoms with Gasteiger partial charge in [0.25, 0.3) is 0 Å². The molecule has 2 rings (SSSR count). The molecule has 3 N–H and O–H groups in total. The van der Waals surface area contributed by atoms with E-state index in [-0.39, 0.29) is 6.54 Å². The largest absolute Gasteiger partial charge is 0.497 e. The van der Waals surface area contributed by atoms with Gasteiger partial charge >= 0.3 is 11.8 Å². The molecule has 124 valence electrons. The summed E-state index contributed by atoms with van der Waals surface area (Å²) in [4.78, 5) is 35.1. The van der Waals surface area contributed by atoms with Crippen LogP contribution in [-0.2, 0) is 14.4 Å². The standard InChI is InChI=1S/C17H17N3O4/c1-24-14-9-7-13(8-10-14)20-17(23)16(22)18-11-15(21)19-12-5-3-2-4-6-12/h2-10H,11H2,1H3,(H,18,22)(H,19,21)(H,20,23). The molecule has 0 aliphatic heterocycles. The van der Waals surface area contributed by atoms with Gasteiger partial charge in [-0.1, -0.05) is 18.2 Å². The maximum absolute atomic E-state index is 11.8. The number of anilines is 2. The first-order valence-electron chi connectivity index (χ1n) is 7.16. The molecule has 0 aliphatic rings. The highest BCUT2D eigenvalue weighted by Gasteiger charge is 2.14. The van der Waals surface area contributed by atoms with Crippen LogP contribution >= 0.6 is 0 Å². The lowest BCUT2D eigenvalue weighted by Crippen LogP contribution is -2.39. The number of carbonyl (C=O) groups is 3. The Bertz CT molecular complexity index is 714. The third kappa shape index (κ3) is 5.13. The Morgan fingerprint density at radius 1 is 0.833 bits per heavy atom. The quantitative estimate of drug-likeness (QED) is 0.723. The second-order valence-electron chi connectivity index (χ2n) is 4.78. The van der Waals surface area contributed by atoms with E-state index in [2.05, 4.69) is 16.0 Å². The van der Waals surface area contributed by atoms with Crippen molar-refractivity contribution in [1.82, 2.24) is 5.32 Å². The molecule has 0 fully saturated rings. The summed E-state index contributed by atoms with van der Waals surface area (Å²) in [6.45, 7) is -0.302. The van der Waals surface area contributed by atoms with Crippen molar-refractivity contribution in [3.8, 4) is 5.75 Å². The van der Waals surface area contributed by atoms with Gasteiger partial charge in [-0.05, 0) is 36.4 Å². The van der Waals surface area contributed by atoms with E-state index in [4.69, 9.17) is 4.74 Å². The van der Waals surface area contributed by atoms with E-state index in [0.29, 0.717) is 17.1 Å². The molecule has 2 aromatic carbocycles. The summed E-state index contributed by atoms with van der Waals surface area (Å²) in [5.74, 6) is -1.54. The highest BCUT2D eigenvalue weighted by atomic mass is 16.5. The Balaban J connectivity index is 1.78. The fraction of sp³-hybridized carbons (Fsp3) is 0.118. The molecule has 24 heavy (non-hydrogen) atoms. The zero-order valence-corrected chi connectivity index (χ0v) is 13.0. The molecule has 3 amide bonds. The van der Waals surface area contributed by atoms with E-state index in [1.165, 1.54) is 7.11 Å². The first-order valence-corrected chi connectivity index (χ1v) is 7.16. The van der Waals surface area contributed by atoms with Crippen LogP contribution in [0.5, 0.6) is 5.75 Å². The molecule has 0 saturated heterocycles. The minimum atomic E-state index is -0.894. The van der Waals surface area contributed by atoms with Crippen LogP contribution < -0.4 is 20.7 Å². The van der Waals surface area contributed by atoms with Crippen LogP contribution in [-0.4, -0.2) is 31.4 Å². The van der Waals surface area contributed by atoms with Crippen molar-refractivity contribution in [1.29, 1.82) is 0 Å². The zero-order chi connectivity index (χ0) is 17.4. The van der Waals surface area contributed by atoms with Gasteiger partial charge in [0.15, 0.2) is 0 Å². The summed E-state index contributed by atoms with van der Waals surface area (Å²) in [5, 5.41) is 7.29. The lowest BCUT2D eigenvalue weighted by molar-refractivity contribution is -0.136. The number of hydrogen-bond acceptors (Lipinski definition) is 4. The van der Waals surface area contributed by atoms with Gasteiger partial charge in [-0.2, -0.15) is 0 Å². The summed E-state index contributed by atoms with van der Waals surface area (Å²) in [6.07, 6.45) is 0. The maximum atomic E-state index is 11.8. The van der Waals surface area contributed by atoms with Crippen LogP contribution in [0.4, 0.5) is 11.4 Å². The van der Waals surface area contributed by atoms with Crippen LogP contribution in [0.2, 0.25) is 0 Å². The van der Waals surface area contributed by atoms with Gasteiger partial charge in [0, 0.05) is 11.4 Å². The highest BCUT2D eigenvalue weighted by molar-refractivity contribution is 6.39. The Labute approximate surface area is 139 Å². The third-order valence-electron chi connectivity index (χ3n) is 3.02. The molecule has 0 aromatic heterocycles. The van der Waals surface area contributed by atoms with Crippen LogP contribution in [0.25, 0.3) is 0 Å². The third-order valence-corrected chi connectivity index (χ3v) is 3.02. The molecular weight excluding hydrogens is 310 g/mol. The van der Waals surface area contributed by atoms with E-state index in [1.807, 2.05) is 6.07 Å². The number of hydrogen-bond donors (Lipinski definition) is 3. The summed E-state index contributed by atoms with van der Waals surface area (Å²) >= 11 is 0. The summed E-state index contributed by atoms with van der Waals surface area (Å²) < 4.78 is 5.00. The van der Waals surface area contributed by atoms with Crippen molar-refractivity contribution in [2.75, 3.05) is 24.3 Å². The lowest BCUT2D eigenvalue weighted by atomic mass is 10.3. The molecule has 2 aromatic rings. The Hall–Kier alpha value is -3.35. The molecule has 0 heterocycles. The van der Waals surface area contributed by atoms with Crippen molar-refractivity contribution in [2.45, 2.75) is 0 Å². The van der Waals surface area contributed by atoms with Crippen molar-refractivity contribution in [3.05, 3.63) is 54.6 Å². The molecule has 0 radical (unpaired) electrons. The van der Waals surface area contributed by atoms with Gasteiger partial charge in [-0.25, -0.2) is 0 Å². The van der Waals surface area contributed by atoms with Crippen molar-refractivity contribution >= 4 is 29.1 Å².